The van der Waals surface area contributed by atoms with Crippen molar-refractivity contribution < 1.29 is 18.0 Å². The lowest BCUT2D eigenvalue weighted by Crippen LogP contribution is -2.54. The summed E-state index contributed by atoms with van der Waals surface area (Å²) in [5, 5.41) is 4.82. The predicted molar refractivity (Wildman–Crippen MR) is 125 cm³/mol. The molecule has 4 rings (SSSR count). The number of fused-ring (bicyclic) bond motifs is 1. The molecule has 0 aromatic heterocycles. The Balaban J connectivity index is 1.55. The van der Waals surface area contributed by atoms with Gasteiger partial charge in [-0.1, -0.05) is 38.1 Å². The zero-order valence-corrected chi connectivity index (χ0v) is 19.4. The third kappa shape index (κ3) is 4.51. The Labute approximate surface area is 189 Å². The number of piperazine rings is 1. The zero-order valence-electron chi connectivity index (χ0n) is 18.6. The van der Waals surface area contributed by atoms with Gasteiger partial charge in [-0.05, 0) is 35.7 Å². The summed E-state index contributed by atoms with van der Waals surface area (Å²) >= 11 is 0. The summed E-state index contributed by atoms with van der Waals surface area (Å²) in [5.74, 6) is -0.218. The zero-order chi connectivity index (χ0) is 22.9. The van der Waals surface area contributed by atoms with Gasteiger partial charge in [0.2, 0.25) is 5.91 Å². The van der Waals surface area contributed by atoms with Crippen LogP contribution in [0.15, 0.2) is 36.4 Å². The number of benzene rings is 2. The second-order valence-electron chi connectivity index (χ2n) is 8.29. The number of hydrogen-bond donors (Lipinski definition) is 1. The van der Waals surface area contributed by atoms with E-state index in [4.69, 9.17) is 0 Å². The van der Waals surface area contributed by atoms with Gasteiger partial charge in [0.25, 0.3) is 16.1 Å². The molecule has 1 N–H and O–H groups in total. The highest BCUT2D eigenvalue weighted by Gasteiger charge is 2.34. The van der Waals surface area contributed by atoms with Crippen LogP contribution in [-0.2, 0) is 15.0 Å². The first-order valence-corrected chi connectivity index (χ1v) is 12.6. The van der Waals surface area contributed by atoms with Gasteiger partial charge in [0.05, 0.1) is 11.3 Å². The molecule has 1 heterocycles. The van der Waals surface area contributed by atoms with Gasteiger partial charge < -0.3 is 10.2 Å². The molecule has 2 amide bonds. The van der Waals surface area contributed by atoms with Gasteiger partial charge in [0.15, 0.2) is 0 Å². The molecule has 0 bridgehead atoms. The molecule has 1 saturated heterocycles. The van der Waals surface area contributed by atoms with E-state index in [0.29, 0.717) is 37.4 Å². The normalized spacial score (nSPS) is 17.7. The van der Waals surface area contributed by atoms with Crippen LogP contribution in [0.25, 0.3) is 10.8 Å². The monoisotopic (exact) mass is 458 g/mol. The average Bonchev–Trinajstić information content (AvgIpc) is 3.64. The Kier molecular flexibility index (Phi) is 6.50. The lowest BCUT2D eigenvalue weighted by Gasteiger charge is -2.36. The number of nitrogens with one attached hydrogen (secondary N) is 1. The minimum atomic E-state index is -3.52. The van der Waals surface area contributed by atoms with Crippen LogP contribution in [-0.4, -0.2) is 73.0 Å². The molecule has 0 spiro atoms. The third-order valence-electron chi connectivity index (χ3n) is 6.21. The standard InChI is InChI=1S/C23H30N4O4S/c1-3-26(4-2)32(30,31)27-13-11-25(12-14-27)23(29)20-15-18-7-5-6-8-19(18)16-21(20)24-22(28)17-9-10-17/h5-8,15-17H,3-4,9-14H2,1-2H3,(H,24,28). The van der Waals surface area contributed by atoms with Crippen LogP contribution in [0.3, 0.4) is 0 Å². The minimum absolute atomic E-state index is 0.0262. The van der Waals surface area contributed by atoms with Gasteiger partial charge in [-0.15, -0.1) is 0 Å². The topological polar surface area (TPSA) is 90.0 Å². The summed E-state index contributed by atoms with van der Waals surface area (Å²) in [4.78, 5) is 27.5. The smallest absolute Gasteiger partial charge is 0.282 e. The highest BCUT2D eigenvalue weighted by molar-refractivity contribution is 7.86. The number of rotatable bonds is 7. The maximum Gasteiger partial charge on any atom is 0.282 e. The van der Waals surface area contributed by atoms with Gasteiger partial charge in [-0.3, -0.25) is 9.59 Å². The van der Waals surface area contributed by atoms with Crippen LogP contribution < -0.4 is 5.32 Å². The van der Waals surface area contributed by atoms with Gasteiger partial charge in [-0.25, -0.2) is 0 Å². The molecule has 0 unspecified atom stereocenters. The lowest BCUT2D eigenvalue weighted by atomic mass is 10.0. The van der Waals surface area contributed by atoms with E-state index in [1.807, 2.05) is 50.2 Å². The van der Waals surface area contributed by atoms with Crippen molar-refractivity contribution in [3.8, 4) is 0 Å². The van der Waals surface area contributed by atoms with Crippen molar-refractivity contribution in [2.75, 3.05) is 44.6 Å². The summed E-state index contributed by atoms with van der Waals surface area (Å²) in [6.07, 6.45) is 1.76. The fourth-order valence-electron chi connectivity index (χ4n) is 4.11. The maximum atomic E-state index is 13.4. The van der Waals surface area contributed by atoms with Crippen molar-refractivity contribution in [3.63, 3.8) is 0 Å². The van der Waals surface area contributed by atoms with Crippen molar-refractivity contribution >= 4 is 38.5 Å². The van der Waals surface area contributed by atoms with Gasteiger partial charge >= 0.3 is 0 Å². The highest BCUT2D eigenvalue weighted by atomic mass is 32.2. The fourth-order valence-corrected chi connectivity index (χ4v) is 5.71. The first-order valence-electron chi connectivity index (χ1n) is 11.2. The van der Waals surface area contributed by atoms with Crippen LogP contribution in [0.1, 0.15) is 37.0 Å². The molecule has 9 heteroatoms. The quantitative estimate of drug-likeness (QED) is 0.690. The molecule has 2 fully saturated rings. The molecular weight excluding hydrogens is 428 g/mol. The second-order valence-corrected chi connectivity index (χ2v) is 10.2. The molecule has 32 heavy (non-hydrogen) atoms. The number of carbonyl (C=O) groups is 2. The van der Waals surface area contributed by atoms with Crippen molar-refractivity contribution in [2.45, 2.75) is 26.7 Å². The van der Waals surface area contributed by atoms with Gasteiger partial charge in [0, 0.05) is 45.2 Å². The minimum Gasteiger partial charge on any atom is -0.336 e. The van der Waals surface area contributed by atoms with E-state index < -0.39 is 10.2 Å². The van der Waals surface area contributed by atoms with E-state index in [1.165, 1.54) is 8.61 Å². The van der Waals surface area contributed by atoms with E-state index in [9.17, 15) is 18.0 Å². The van der Waals surface area contributed by atoms with Crippen molar-refractivity contribution in [1.82, 2.24) is 13.5 Å². The Morgan fingerprint density at radius 1 is 1.00 bits per heavy atom. The molecule has 1 aliphatic carbocycles. The van der Waals surface area contributed by atoms with Crippen molar-refractivity contribution in [2.24, 2.45) is 5.92 Å². The average molecular weight is 459 g/mol. The first-order chi connectivity index (χ1) is 15.3. The van der Waals surface area contributed by atoms with E-state index in [2.05, 4.69) is 5.32 Å². The van der Waals surface area contributed by atoms with E-state index >= 15 is 0 Å². The van der Waals surface area contributed by atoms with Crippen molar-refractivity contribution in [3.05, 3.63) is 42.0 Å². The molecule has 2 aromatic rings. The molecule has 0 atom stereocenters. The summed E-state index contributed by atoms with van der Waals surface area (Å²) in [6, 6.07) is 11.4. The van der Waals surface area contributed by atoms with E-state index in [-0.39, 0.29) is 30.8 Å². The van der Waals surface area contributed by atoms with Crippen LogP contribution in [0.4, 0.5) is 5.69 Å². The molecule has 8 nitrogen and oxygen atoms in total. The van der Waals surface area contributed by atoms with E-state index in [1.54, 1.807) is 4.90 Å². The molecule has 0 radical (unpaired) electrons. The van der Waals surface area contributed by atoms with Crippen molar-refractivity contribution in [1.29, 1.82) is 0 Å². The number of carbonyl (C=O) groups excluding carboxylic acids is 2. The Hall–Kier alpha value is -2.49. The Bertz CT molecular complexity index is 1120. The summed E-state index contributed by atoms with van der Waals surface area (Å²) in [7, 11) is -3.52. The summed E-state index contributed by atoms with van der Waals surface area (Å²) in [6.45, 7) is 5.59. The SMILES string of the molecule is CCN(CC)S(=O)(=O)N1CCN(C(=O)c2cc3ccccc3cc2NC(=O)C2CC2)CC1. The second kappa shape index (κ2) is 9.17. The Morgan fingerprint density at radius 3 is 2.16 bits per heavy atom. The molecule has 2 aromatic carbocycles. The summed E-state index contributed by atoms with van der Waals surface area (Å²) in [5.41, 5.74) is 0.960. The molecule has 1 aliphatic heterocycles. The molecule has 172 valence electrons. The number of nitrogens with zero attached hydrogens (tertiary/aromatic N) is 3. The maximum absolute atomic E-state index is 13.4. The molecule has 2 aliphatic rings. The Morgan fingerprint density at radius 2 is 1.59 bits per heavy atom. The lowest BCUT2D eigenvalue weighted by molar-refractivity contribution is -0.117. The number of amides is 2. The fraction of sp³-hybridized carbons (Fsp3) is 0.478. The predicted octanol–water partition coefficient (Wildman–Crippen LogP) is 2.53. The van der Waals surface area contributed by atoms with Crippen LogP contribution in [0, 0.1) is 5.92 Å². The van der Waals surface area contributed by atoms with Crippen LogP contribution in [0.2, 0.25) is 0 Å². The van der Waals surface area contributed by atoms with Crippen LogP contribution in [0.5, 0.6) is 0 Å². The van der Waals surface area contributed by atoms with Crippen LogP contribution >= 0.6 is 0 Å². The van der Waals surface area contributed by atoms with Gasteiger partial charge in [-0.2, -0.15) is 17.0 Å². The van der Waals surface area contributed by atoms with Gasteiger partial charge in [0.1, 0.15) is 0 Å². The third-order valence-corrected chi connectivity index (χ3v) is 8.39. The van der Waals surface area contributed by atoms with E-state index in [0.717, 1.165) is 23.6 Å². The number of hydrogen-bond acceptors (Lipinski definition) is 4. The highest BCUT2D eigenvalue weighted by Crippen LogP contribution is 2.32. The first kappa shape index (κ1) is 22.7. The largest absolute Gasteiger partial charge is 0.336 e. The number of anilines is 1. The molecule has 1 saturated carbocycles. The summed E-state index contributed by atoms with van der Waals surface area (Å²) < 4.78 is 28.4. The molecular formula is C23H30N4O4S.